The largest absolute Gasteiger partial charge is 0.447 e. The van der Waals surface area contributed by atoms with Gasteiger partial charge in [-0.3, -0.25) is 0 Å². The Hall–Kier alpha value is -2.21. The predicted octanol–water partition coefficient (Wildman–Crippen LogP) is 2.71. The Bertz CT molecular complexity index is 535. The van der Waals surface area contributed by atoms with Crippen molar-refractivity contribution in [2.45, 2.75) is 6.92 Å². The van der Waals surface area contributed by atoms with E-state index in [4.69, 9.17) is 15.4 Å². The summed E-state index contributed by atoms with van der Waals surface area (Å²) in [6.07, 6.45) is 1.52. The van der Waals surface area contributed by atoms with E-state index in [0.717, 1.165) is 16.7 Å². The molecular formula is C12H10N2O. The highest BCUT2D eigenvalue weighted by molar-refractivity contribution is 5.76. The number of aryl methyl sites for hydroxylation is 1. The molecule has 0 saturated heterocycles. The molecule has 2 N–H and O–H groups in total. The fraction of sp³-hybridized carbons (Fsp3) is 0.0833. The maximum absolute atomic E-state index is 8.95. The van der Waals surface area contributed by atoms with E-state index in [1.807, 2.05) is 31.2 Å². The molecule has 0 saturated carbocycles. The van der Waals surface area contributed by atoms with E-state index >= 15 is 0 Å². The minimum absolute atomic E-state index is 0.177. The van der Waals surface area contributed by atoms with Crippen molar-refractivity contribution in [3.05, 3.63) is 41.7 Å². The maximum Gasteiger partial charge on any atom is 0.208 e. The zero-order valence-corrected chi connectivity index (χ0v) is 8.32. The highest BCUT2D eigenvalue weighted by Crippen LogP contribution is 2.30. The Morgan fingerprint density at radius 2 is 2.00 bits per heavy atom. The van der Waals surface area contributed by atoms with Crippen LogP contribution in [0.1, 0.15) is 11.1 Å². The van der Waals surface area contributed by atoms with E-state index in [0.29, 0.717) is 5.56 Å². The number of rotatable bonds is 1. The summed E-state index contributed by atoms with van der Waals surface area (Å²) in [7, 11) is 0. The average molecular weight is 198 g/mol. The fourth-order valence-electron chi connectivity index (χ4n) is 1.56. The van der Waals surface area contributed by atoms with Crippen molar-refractivity contribution >= 4 is 5.88 Å². The van der Waals surface area contributed by atoms with E-state index in [1.54, 1.807) is 0 Å². The van der Waals surface area contributed by atoms with Gasteiger partial charge in [-0.15, -0.1) is 0 Å². The zero-order chi connectivity index (χ0) is 10.8. The average Bonchev–Trinajstić information content (AvgIpc) is 2.60. The third-order valence-corrected chi connectivity index (χ3v) is 2.37. The molecule has 3 heteroatoms. The van der Waals surface area contributed by atoms with Gasteiger partial charge in [-0.25, -0.2) is 0 Å². The lowest BCUT2D eigenvalue weighted by Gasteiger charge is -2.01. The standard InChI is InChI=1S/C12H10N2O/c1-8-4-2-3-5-9(8)11-7-15-12(14)10(11)6-13/h2-5,7H,14H2,1H3. The maximum atomic E-state index is 8.95. The topological polar surface area (TPSA) is 62.9 Å². The summed E-state index contributed by atoms with van der Waals surface area (Å²) < 4.78 is 5.05. The van der Waals surface area contributed by atoms with Crippen LogP contribution in [0, 0.1) is 18.3 Å². The van der Waals surface area contributed by atoms with Gasteiger partial charge in [0, 0.05) is 5.56 Å². The normalized spacial score (nSPS) is 9.87. The number of anilines is 1. The van der Waals surface area contributed by atoms with Gasteiger partial charge in [0.25, 0.3) is 0 Å². The van der Waals surface area contributed by atoms with E-state index < -0.39 is 0 Å². The molecule has 0 unspecified atom stereocenters. The van der Waals surface area contributed by atoms with Gasteiger partial charge in [0.2, 0.25) is 5.88 Å². The van der Waals surface area contributed by atoms with Gasteiger partial charge in [0.1, 0.15) is 17.9 Å². The van der Waals surface area contributed by atoms with Gasteiger partial charge in [-0.05, 0) is 18.1 Å². The highest BCUT2D eigenvalue weighted by Gasteiger charge is 2.13. The molecule has 0 bridgehead atoms. The van der Waals surface area contributed by atoms with Gasteiger partial charge in [0.15, 0.2) is 0 Å². The van der Waals surface area contributed by atoms with E-state index in [-0.39, 0.29) is 5.88 Å². The van der Waals surface area contributed by atoms with Crippen LogP contribution < -0.4 is 5.73 Å². The summed E-state index contributed by atoms with van der Waals surface area (Å²) in [5, 5.41) is 8.95. The number of hydrogen-bond donors (Lipinski definition) is 1. The molecule has 3 nitrogen and oxygen atoms in total. The summed E-state index contributed by atoms with van der Waals surface area (Å²) in [5.74, 6) is 0.177. The van der Waals surface area contributed by atoms with Crippen molar-refractivity contribution in [1.29, 1.82) is 5.26 Å². The quantitative estimate of drug-likeness (QED) is 0.766. The zero-order valence-electron chi connectivity index (χ0n) is 8.32. The molecule has 1 heterocycles. The first-order valence-corrected chi connectivity index (χ1v) is 4.57. The monoisotopic (exact) mass is 198 g/mol. The fourth-order valence-corrected chi connectivity index (χ4v) is 1.56. The number of benzene rings is 1. The number of furan rings is 1. The number of hydrogen-bond acceptors (Lipinski definition) is 3. The second-order valence-electron chi connectivity index (χ2n) is 3.32. The molecule has 0 aliphatic heterocycles. The van der Waals surface area contributed by atoms with Crippen LogP contribution in [0.5, 0.6) is 0 Å². The lowest BCUT2D eigenvalue weighted by atomic mass is 10.0. The molecule has 15 heavy (non-hydrogen) atoms. The first-order valence-electron chi connectivity index (χ1n) is 4.57. The molecule has 0 amide bonds. The molecule has 2 aromatic rings. The molecular weight excluding hydrogens is 188 g/mol. The summed E-state index contributed by atoms with van der Waals surface area (Å²) in [6.45, 7) is 1.99. The molecule has 1 aromatic carbocycles. The third kappa shape index (κ3) is 1.46. The Balaban J connectivity index is 2.66. The molecule has 0 aliphatic rings. The lowest BCUT2D eigenvalue weighted by molar-refractivity contribution is 0.588. The van der Waals surface area contributed by atoms with Gasteiger partial charge in [0.05, 0.1) is 0 Å². The van der Waals surface area contributed by atoms with Crippen LogP contribution in [0.3, 0.4) is 0 Å². The van der Waals surface area contributed by atoms with Crippen LogP contribution in [0.25, 0.3) is 11.1 Å². The third-order valence-electron chi connectivity index (χ3n) is 2.37. The van der Waals surface area contributed by atoms with Crippen LogP contribution in [-0.4, -0.2) is 0 Å². The Morgan fingerprint density at radius 3 is 2.67 bits per heavy atom. The minimum Gasteiger partial charge on any atom is -0.447 e. The predicted molar refractivity (Wildman–Crippen MR) is 58.0 cm³/mol. The van der Waals surface area contributed by atoms with Crippen LogP contribution >= 0.6 is 0 Å². The van der Waals surface area contributed by atoms with Gasteiger partial charge < -0.3 is 10.2 Å². The Labute approximate surface area is 87.7 Å². The SMILES string of the molecule is Cc1ccccc1-c1coc(N)c1C#N. The Morgan fingerprint density at radius 1 is 1.27 bits per heavy atom. The van der Waals surface area contributed by atoms with Gasteiger partial charge in [-0.2, -0.15) is 5.26 Å². The molecule has 0 radical (unpaired) electrons. The smallest absolute Gasteiger partial charge is 0.208 e. The summed E-state index contributed by atoms with van der Waals surface area (Å²) in [5.41, 5.74) is 8.79. The number of nitrogens with zero attached hydrogens (tertiary/aromatic N) is 1. The van der Waals surface area contributed by atoms with Crippen LogP contribution in [0.15, 0.2) is 34.9 Å². The van der Waals surface area contributed by atoms with E-state index in [2.05, 4.69) is 6.07 Å². The van der Waals surface area contributed by atoms with Crippen LogP contribution in [-0.2, 0) is 0 Å². The molecule has 0 aliphatic carbocycles. The van der Waals surface area contributed by atoms with Crippen LogP contribution in [0.2, 0.25) is 0 Å². The van der Waals surface area contributed by atoms with Crippen molar-refractivity contribution in [3.8, 4) is 17.2 Å². The second kappa shape index (κ2) is 3.50. The summed E-state index contributed by atoms with van der Waals surface area (Å²) in [6, 6.07) is 9.86. The minimum atomic E-state index is 0.177. The van der Waals surface area contributed by atoms with Crippen LogP contribution in [0.4, 0.5) is 5.88 Å². The van der Waals surface area contributed by atoms with E-state index in [1.165, 1.54) is 6.26 Å². The van der Waals surface area contributed by atoms with Crippen molar-refractivity contribution in [3.63, 3.8) is 0 Å². The number of nitrogens with two attached hydrogens (primary N) is 1. The van der Waals surface area contributed by atoms with E-state index in [9.17, 15) is 0 Å². The summed E-state index contributed by atoms with van der Waals surface area (Å²) in [4.78, 5) is 0. The lowest BCUT2D eigenvalue weighted by Crippen LogP contribution is -1.87. The molecule has 0 fully saturated rings. The number of nitrogen functional groups attached to an aromatic ring is 1. The summed E-state index contributed by atoms with van der Waals surface area (Å²) >= 11 is 0. The molecule has 74 valence electrons. The van der Waals surface area contributed by atoms with Crippen molar-refractivity contribution in [2.24, 2.45) is 0 Å². The number of nitriles is 1. The van der Waals surface area contributed by atoms with Crippen molar-refractivity contribution in [1.82, 2.24) is 0 Å². The molecule has 1 aromatic heterocycles. The van der Waals surface area contributed by atoms with Crippen molar-refractivity contribution in [2.75, 3.05) is 5.73 Å². The molecule has 2 rings (SSSR count). The van der Waals surface area contributed by atoms with Crippen molar-refractivity contribution < 1.29 is 4.42 Å². The second-order valence-corrected chi connectivity index (χ2v) is 3.32. The molecule has 0 spiro atoms. The van der Waals surface area contributed by atoms with Gasteiger partial charge in [-0.1, -0.05) is 24.3 Å². The highest BCUT2D eigenvalue weighted by atomic mass is 16.3. The molecule has 0 atom stereocenters. The Kier molecular flexibility index (Phi) is 2.18. The first-order chi connectivity index (χ1) is 7.24. The van der Waals surface area contributed by atoms with Gasteiger partial charge >= 0.3 is 0 Å². The first kappa shape index (κ1) is 9.35.